The van der Waals surface area contributed by atoms with E-state index < -0.39 is 5.97 Å². The van der Waals surface area contributed by atoms with Crippen molar-refractivity contribution < 1.29 is 14.7 Å². The van der Waals surface area contributed by atoms with E-state index in [-0.39, 0.29) is 18.0 Å². The molecule has 0 radical (unpaired) electrons. The monoisotopic (exact) mass is 294 g/mol. The van der Waals surface area contributed by atoms with Crippen molar-refractivity contribution in [3.63, 3.8) is 0 Å². The zero-order chi connectivity index (χ0) is 14.5. The molecule has 2 aromatic rings. The molecule has 0 atom stereocenters. The van der Waals surface area contributed by atoms with Gasteiger partial charge in [-0.15, -0.1) is 11.3 Å². The lowest BCUT2D eigenvalue weighted by Crippen LogP contribution is -2.27. The average molecular weight is 294 g/mol. The van der Waals surface area contributed by atoms with Crippen molar-refractivity contribution >= 4 is 23.2 Å². The Kier molecular flexibility index (Phi) is 4.46. The fourth-order valence-corrected chi connectivity index (χ4v) is 2.42. The first-order chi connectivity index (χ1) is 9.54. The number of aryl methyl sites for hydroxylation is 1. The molecule has 0 bridgehead atoms. The van der Waals surface area contributed by atoms with Gasteiger partial charge in [0.2, 0.25) is 5.91 Å². The van der Waals surface area contributed by atoms with Crippen molar-refractivity contribution in [3.05, 3.63) is 34.0 Å². The molecular weight excluding hydrogens is 280 g/mol. The number of carbonyl (C=O) groups is 2. The molecule has 2 heterocycles. The molecule has 1 amide bonds. The van der Waals surface area contributed by atoms with E-state index in [1.165, 1.54) is 16.7 Å². The van der Waals surface area contributed by atoms with Gasteiger partial charge in [-0.1, -0.05) is 0 Å². The van der Waals surface area contributed by atoms with Crippen LogP contribution in [0.5, 0.6) is 0 Å². The summed E-state index contributed by atoms with van der Waals surface area (Å²) >= 11 is 1.28. The number of aromatic nitrogens is 3. The first-order valence-electron chi connectivity index (χ1n) is 5.96. The molecule has 0 aliphatic carbocycles. The first-order valence-corrected chi connectivity index (χ1v) is 6.84. The van der Waals surface area contributed by atoms with Crippen molar-refractivity contribution in [2.75, 3.05) is 6.54 Å². The largest absolute Gasteiger partial charge is 0.476 e. The molecule has 0 fully saturated rings. The van der Waals surface area contributed by atoms with Gasteiger partial charge in [-0.25, -0.2) is 9.78 Å². The van der Waals surface area contributed by atoms with Crippen molar-refractivity contribution in [1.82, 2.24) is 20.1 Å². The summed E-state index contributed by atoms with van der Waals surface area (Å²) in [5.74, 6) is -1.12. The van der Waals surface area contributed by atoms with Crippen molar-refractivity contribution in [2.45, 2.75) is 12.8 Å². The molecule has 0 saturated carbocycles. The number of rotatable bonds is 6. The van der Waals surface area contributed by atoms with Crippen LogP contribution < -0.4 is 5.32 Å². The zero-order valence-corrected chi connectivity index (χ0v) is 11.7. The number of amides is 1. The molecule has 0 spiro atoms. The van der Waals surface area contributed by atoms with Crippen LogP contribution in [0.1, 0.15) is 21.1 Å². The minimum absolute atomic E-state index is 0.0479. The smallest absolute Gasteiger partial charge is 0.355 e. The van der Waals surface area contributed by atoms with Gasteiger partial charge in [0, 0.05) is 31.6 Å². The molecule has 20 heavy (non-hydrogen) atoms. The molecule has 7 nitrogen and oxygen atoms in total. The number of hydrogen-bond donors (Lipinski definition) is 2. The minimum atomic E-state index is -1.03. The fraction of sp³-hybridized carbons (Fsp3) is 0.333. The summed E-state index contributed by atoms with van der Waals surface area (Å²) in [6.07, 6.45) is 4.25. The van der Waals surface area contributed by atoms with E-state index in [0.717, 1.165) is 5.56 Å². The van der Waals surface area contributed by atoms with Gasteiger partial charge < -0.3 is 10.4 Å². The molecule has 0 aliphatic rings. The topological polar surface area (TPSA) is 97.1 Å². The van der Waals surface area contributed by atoms with Crippen LogP contribution in [0.4, 0.5) is 0 Å². The van der Waals surface area contributed by atoms with Gasteiger partial charge in [-0.2, -0.15) is 5.10 Å². The number of nitrogens with zero attached hydrogens (tertiary/aromatic N) is 3. The van der Waals surface area contributed by atoms with Gasteiger partial charge >= 0.3 is 5.97 Å². The van der Waals surface area contributed by atoms with Gasteiger partial charge in [0.25, 0.3) is 0 Å². The molecular formula is C12H14N4O3S. The maximum atomic E-state index is 11.7. The highest BCUT2D eigenvalue weighted by Gasteiger charge is 2.09. The second kappa shape index (κ2) is 6.29. The first kappa shape index (κ1) is 14.2. The lowest BCUT2D eigenvalue weighted by atomic mass is 10.2. The van der Waals surface area contributed by atoms with Crippen LogP contribution >= 0.6 is 11.3 Å². The van der Waals surface area contributed by atoms with E-state index in [1.54, 1.807) is 24.1 Å². The highest BCUT2D eigenvalue weighted by atomic mass is 32.1. The lowest BCUT2D eigenvalue weighted by molar-refractivity contribution is -0.120. The summed E-state index contributed by atoms with van der Waals surface area (Å²) in [4.78, 5) is 26.3. The predicted octanol–water partition coefficient (Wildman–Crippen LogP) is 0.476. The second-order valence-electron chi connectivity index (χ2n) is 4.23. The molecule has 0 unspecified atom stereocenters. The minimum Gasteiger partial charge on any atom is -0.476 e. The number of thiazole rings is 1. The number of aromatic carboxylic acids is 1. The van der Waals surface area contributed by atoms with Crippen LogP contribution in [-0.2, 0) is 24.7 Å². The summed E-state index contributed by atoms with van der Waals surface area (Å²) in [6.45, 7) is 0.436. The summed E-state index contributed by atoms with van der Waals surface area (Å²) < 4.78 is 1.64. The number of carboxylic acid groups (broad SMARTS) is 1. The third-order valence-corrected chi connectivity index (χ3v) is 3.46. The number of carboxylic acids is 1. The Labute approximate surface area is 119 Å². The molecule has 8 heteroatoms. The van der Waals surface area contributed by atoms with Crippen LogP contribution in [0.3, 0.4) is 0 Å². The van der Waals surface area contributed by atoms with Crippen molar-refractivity contribution in [3.8, 4) is 0 Å². The fourth-order valence-electron chi connectivity index (χ4n) is 1.64. The van der Waals surface area contributed by atoms with Crippen LogP contribution in [-0.4, -0.2) is 38.3 Å². The molecule has 2 N–H and O–H groups in total. The lowest BCUT2D eigenvalue weighted by Gasteiger charge is -2.02. The van der Waals surface area contributed by atoms with Gasteiger partial charge in [0.1, 0.15) is 0 Å². The molecule has 0 aromatic carbocycles. The van der Waals surface area contributed by atoms with E-state index in [4.69, 9.17) is 5.11 Å². The normalized spacial score (nSPS) is 10.4. The van der Waals surface area contributed by atoms with Crippen molar-refractivity contribution in [2.24, 2.45) is 7.05 Å². The standard InChI is InChI=1S/C12H14N4O3S/c1-16-6-8(5-14-16)4-10(17)13-3-2-11-15-9(7-20-11)12(18)19/h5-7H,2-4H2,1H3,(H,13,17)(H,18,19). The summed E-state index contributed by atoms with van der Waals surface area (Å²) in [7, 11) is 1.80. The quantitative estimate of drug-likeness (QED) is 0.807. The number of hydrogen-bond acceptors (Lipinski definition) is 5. The Bertz CT molecular complexity index is 620. The number of nitrogens with one attached hydrogen (secondary N) is 1. The number of carbonyl (C=O) groups excluding carboxylic acids is 1. The Balaban J connectivity index is 1.74. The second-order valence-corrected chi connectivity index (χ2v) is 5.17. The summed E-state index contributed by atoms with van der Waals surface area (Å²) in [6, 6.07) is 0. The van der Waals surface area contributed by atoms with Gasteiger partial charge in [0.15, 0.2) is 5.69 Å². The Morgan fingerprint density at radius 1 is 1.50 bits per heavy atom. The summed E-state index contributed by atoms with van der Waals surface area (Å²) in [5, 5.41) is 17.7. The van der Waals surface area contributed by atoms with Crippen LogP contribution in [0.15, 0.2) is 17.8 Å². The zero-order valence-electron chi connectivity index (χ0n) is 10.9. The third-order valence-electron chi connectivity index (χ3n) is 2.55. The van der Waals surface area contributed by atoms with Gasteiger partial charge in [0.05, 0.1) is 17.6 Å². The van der Waals surface area contributed by atoms with E-state index in [1.807, 2.05) is 0 Å². The Morgan fingerprint density at radius 3 is 2.90 bits per heavy atom. The SMILES string of the molecule is Cn1cc(CC(=O)NCCc2nc(C(=O)O)cs2)cn1. The summed E-state index contributed by atoms with van der Waals surface area (Å²) in [5.41, 5.74) is 0.902. The van der Waals surface area contributed by atoms with Crippen LogP contribution in [0, 0.1) is 0 Å². The van der Waals surface area contributed by atoms with Crippen LogP contribution in [0.2, 0.25) is 0 Å². The van der Waals surface area contributed by atoms with E-state index >= 15 is 0 Å². The molecule has 0 saturated heterocycles. The molecule has 0 aliphatic heterocycles. The molecule has 106 valence electrons. The highest BCUT2D eigenvalue weighted by Crippen LogP contribution is 2.09. The predicted molar refractivity (Wildman–Crippen MR) is 72.7 cm³/mol. The molecule has 2 aromatic heterocycles. The van der Waals surface area contributed by atoms with Crippen LogP contribution in [0.25, 0.3) is 0 Å². The average Bonchev–Trinajstić information content (AvgIpc) is 2.99. The van der Waals surface area contributed by atoms with Gasteiger partial charge in [-0.05, 0) is 5.56 Å². The maximum Gasteiger partial charge on any atom is 0.355 e. The Morgan fingerprint density at radius 2 is 2.30 bits per heavy atom. The van der Waals surface area contributed by atoms with E-state index in [2.05, 4.69) is 15.4 Å². The molecule has 2 rings (SSSR count). The Hall–Kier alpha value is -2.22. The van der Waals surface area contributed by atoms with Gasteiger partial charge in [-0.3, -0.25) is 9.48 Å². The highest BCUT2D eigenvalue weighted by molar-refractivity contribution is 7.09. The van der Waals surface area contributed by atoms with Crippen molar-refractivity contribution in [1.29, 1.82) is 0 Å². The van der Waals surface area contributed by atoms with E-state index in [0.29, 0.717) is 18.0 Å². The maximum absolute atomic E-state index is 11.7. The third kappa shape index (κ3) is 3.89. The van der Waals surface area contributed by atoms with E-state index in [9.17, 15) is 9.59 Å².